The lowest BCUT2D eigenvalue weighted by atomic mass is 10.0. The summed E-state index contributed by atoms with van der Waals surface area (Å²) >= 11 is 6.23. The summed E-state index contributed by atoms with van der Waals surface area (Å²) in [5, 5.41) is 4.54. The molecular weight excluding hydrogens is 358 g/mol. The molecule has 4 heterocycles. The Hall–Kier alpha value is -2.19. The molecule has 0 saturated carbocycles. The Morgan fingerprint density at radius 3 is 3.04 bits per heavy atom. The average molecular weight is 378 g/mol. The summed E-state index contributed by atoms with van der Waals surface area (Å²) in [5.41, 5.74) is 2.81. The number of aromatic nitrogens is 4. The van der Waals surface area contributed by atoms with Crippen LogP contribution in [0.25, 0.3) is 11.4 Å². The van der Waals surface area contributed by atoms with E-state index in [4.69, 9.17) is 21.1 Å². The zero-order chi connectivity index (χ0) is 18.3. The summed E-state index contributed by atoms with van der Waals surface area (Å²) in [7, 11) is 0. The van der Waals surface area contributed by atoms with Crippen LogP contribution in [-0.2, 0) is 22.4 Å². The number of fused-ring (bicyclic) bond motifs is 3. The van der Waals surface area contributed by atoms with Crippen LogP contribution in [-0.4, -0.2) is 58.1 Å². The van der Waals surface area contributed by atoms with Crippen molar-refractivity contribution in [3.63, 3.8) is 0 Å². The van der Waals surface area contributed by atoms with Crippen molar-refractivity contribution in [2.45, 2.75) is 32.9 Å². The molecule has 26 heavy (non-hydrogen) atoms. The number of hydrogen-bond acceptors (Lipinski definition) is 7. The molecule has 0 aliphatic carbocycles. The maximum atomic E-state index is 12.0. The van der Waals surface area contributed by atoms with Gasteiger partial charge in [-0.05, 0) is 31.9 Å². The number of ether oxygens (including phenoxy) is 2. The van der Waals surface area contributed by atoms with Gasteiger partial charge in [-0.3, -0.25) is 4.68 Å². The zero-order valence-corrected chi connectivity index (χ0v) is 15.5. The maximum Gasteiger partial charge on any atom is 0.358 e. The highest BCUT2D eigenvalue weighted by molar-refractivity contribution is 6.28. The lowest BCUT2D eigenvalue weighted by molar-refractivity contribution is 0.0518. The Labute approximate surface area is 156 Å². The molecule has 0 amide bonds. The Morgan fingerprint density at radius 2 is 2.27 bits per heavy atom. The summed E-state index contributed by atoms with van der Waals surface area (Å²) < 4.78 is 12.4. The van der Waals surface area contributed by atoms with Crippen molar-refractivity contribution in [1.82, 2.24) is 19.7 Å². The Kier molecular flexibility index (Phi) is 4.54. The minimum Gasteiger partial charge on any atom is -0.461 e. The third-order valence-electron chi connectivity index (χ3n) is 4.68. The van der Waals surface area contributed by atoms with E-state index in [9.17, 15) is 4.79 Å². The van der Waals surface area contributed by atoms with Gasteiger partial charge in [0.2, 0.25) is 5.28 Å². The van der Waals surface area contributed by atoms with Gasteiger partial charge in [0.05, 0.1) is 37.3 Å². The molecule has 2 aromatic rings. The van der Waals surface area contributed by atoms with Crippen LogP contribution in [0.2, 0.25) is 5.28 Å². The second-order valence-corrected chi connectivity index (χ2v) is 6.71. The number of esters is 1. The van der Waals surface area contributed by atoms with E-state index in [1.165, 1.54) is 0 Å². The predicted molar refractivity (Wildman–Crippen MR) is 95.6 cm³/mol. The molecular formula is C17H20ClN5O3. The molecule has 0 spiro atoms. The van der Waals surface area contributed by atoms with E-state index in [2.05, 4.69) is 26.9 Å². The van der Waals surface area contributed by atoms with E-state index in [0.29, 0.717) is 26.4 Å². The van der Waals surface area contributed by atoms with E-state index < -0.39 is 5.97 Å². The van der Waals surface area contributed by atoms with Crippen LogP contribution in [0, 0.1) is 0 Å². The van der Waals surface area contributed by atoms with Crippen LogP contribution < -0.4 is 4.90 Å². The van der Waals surface area contributed by atoms with Gasteiger partial charge >= 0.3 is 5.97 Å². The van der Waals surface area contributed by atoms with E-state index in [0.717, 1.165) is 35.7 Å². The van der Waals surface area contributed by atoms with Crippen LogP contribution in [0.15, 0.2) is 6.07 Å². The van der Waals surface area contributed by atoms with Crippen LogP contribution in [0.3, 0.4) is 0 Å². The SMILES string of the molecule is CCOC(=O)c1cc2n(n1)CCc1c-2nc(Cl)nc1N1CCOC[C@@H]1C. The van der Waals surface area contributed by atoms with Crippen LogP contribution in [0.4, 0.5) is 5.82 Å². The van der Waals surface area contributed by atoms with Crippen LogP contribution in [0.1, 0.15) is 29.9 Å². The van der Waals surface area contributed by atoms with Gasteiger partial charge in [-0.2, -0.15) is 5.10 Å². The number of nitrogens with zero attached hydrogens (tertiary/aromatic N) is 5. The van der Waals surface area contributed by atoms with Crippen molar-refractivity contribution in [3.8, 4) is 11.4 Å². The first-order chi connectivity index (χ1) is 12.6. The first kappa shape index (κ1) is 17.2. The molecule has 0 N–H and O–H groups in total. The first-order valence-corrected chi connectivity index (χ1v) is 9.12. The van der Waals surface area contributed by atoms with Gasteiger partial charge in [-0.25, -0.2) is 14.8 Å². The first-order valence-electron chi connectivity index (χ1n) is 8.74. The molecule has 2 aromatic heterocycles. The highest BCUT2D eigenvalue weighted by Gasteiger charge is 2.30. The summed E-state index contributed by atoms with van der Waals surface area (Å²) in [6, 6.07) is 1.92. The normalized spacial score (nSPS) is 19.0. The van der Waals surface area contributed by atoms with Crippen LogP contribution >= 0.6 is 11.6 Å². The fourth-order valence-corrected chi connectivity index (χ4v) is 3.63. The van der Waals surface area contributed by atoms with Gasteiger partial charge in [0, 0.05) is 24.7 Å². The molecule has 0 bridgehead atoms. The van der Waals surface area contributed by atoms with Crippen molar-refractivity contribution < 1.29 is 14.3 Å². The maximum absolute atomic E-state index is 12.0. The molecule has 138 valence electrons. The molecule has 2 aliphatic rings. The quantitative estimate of drug-likeness (QED) is 0.597. The van der Waals surface area contributed by atoms with Crippen molar-refractivity contribution in [3.05, 3.63) is 22.6 Å². The van der Waals surface area contributed by atoms with Gasteiger partial charge in [-0.1, -0.05) is 0 Å². The highest BCUT2D eigenvalue weighted by atomic mass is 35.5. The molecule has 9 heteroatoms. The van der Waals surface area contributed by atoms with Gasteiger partial charge < -0.3 is 14.4 Å². The molecule has 1 atom stereocenters. The van der Waals surface area contributed by atoms with E-state index in [1.807, 2.05) is 0 Å². The number of hydrogen-bond donors (Lipinski definition) is 0. The summed E-state index contributed by atoms with van der Waals surface area (Å²) in [6.45, 7) is 6.91. The molecule has 0 unspecified atom stereocenters. The summed E-state index contributed by atoms with van der Waals surface area (Å²) in [4.78, 5) is 23.2. The molecule has 2 aliphatic heterocycles. The number of anilines is 1. The number of rotatable bonds is 3. The lowest BCUT2D eigenvalue weighted by Gasteiger charge is -2.36. The molecule has 1 saturated heterocycles. The van der Waals surface area contributed by atoms with E-state index in [1.54, 1.807) is 17.7 Å². The fourth-order valence-electron chi connectivity index (χ4n) is 3.47. The average Bonchev–Trinajstić information content (AvgIpc) is 3.07. The fraction of sp³-hybridized carbons (Fsp3) is 0.529. The zero-order valence-electron chi connectivity index (χ0n) is 14.7. The predicted octanol–water partition coefficient (Wildman–Crippen LogP) is 1.95. The number of morpholine rings is 1. The van der Waals surface area contributed by atoms with Crippen LogP contribution in [0.5, 0.6) is 0 Å². The lowest BCUT2D eigenvalue weighted by Crippen LogP contribution is -2.45. The molecule has 1 fully saturated rings. The van der Waals surface area contributed by atoms with Crippen molar-refractivity contribution >= 4 is 23.4 Å². The Balaban J connectivity index is 1.78. The third-order valence-corrected chi connectivity index (χ3v) is 4.85. The standard InChI is InChI=1S/C17H20ClN5O3/c1-3-26-16(24)12-8-13-14-11(4-5-23(13)21-12)15(20-17(18)19-14)22-6-7-25-9-10(22)2/h8,10H,3-7,9H2,1-2H3/t10-/m0/s1. The number of halogens is 1. The van der Waals surface area contributed by atoms with Gasteiger partial charge in [0.15, 0.2) is 5.69 Å². The molecule has 4 rings (SSSR count). The smallest absolute Gasteiger partial charge is 0.358 e. The second kappa shape index (κ2) is 6.85. The van der Waals surface area contributed by atoms with Crippen molar-refractivity contribution in [1.29, 1.82) is 0 Å². The Bertz CT molecular complexity index is 853. The minimum atomic E-state index is -0.432. The highest BCUT2D eigenvalue weighted by Crippen LogP contribution is 2.35. The number of carbonyl (C=O) groups is 1. The van der Waals surface area contributed by atoms with E-state index in [-0.39, 0.29) is 17.0 Å². The minimum absolute atomic E-state index is 0.185. The second-order valence-electron chi connectivity index (χ2n) is 6.37. The monoisotopic (exact) mass is 377 g/mol. The Morgan fingerprint density at radius 1 is 1.42 bits per heavy atom. The van der Waals surface area contributed by atoms with Crippen molar-refractivity contribution in [2.24, 2.45) is 0 Å². The summed E-state index contributed by atoms with van der Waals surface area (Å²) in [5.74, 6) is 0.416. The molecule has 8 nitrogen and oxygen atoms in total. The topological polar surface area (TPSA) is 82.4 Å². The molecule has 0 aromatic carbocycles. The number of carbonyl (C=O) groups excluding carboxylic acids is 1. The summed E-state index contributed by atoms with van der Waals surface area (Å²) in [6.07, 6.45) is 0.725. The van der Waals surface area contributed by atoms with Gasteiger partial charge in [0.1, 0.15) is 5.82 Å². The largest absolute Gasteiger partial charge is 0.461 e. The third kappa shape index (κ3) is 2.93. The van der Waals surface area contributed by atoms with Gasteiger partial charge in [-0.15, -0.1) is 0 Å². The number of aryl methyl sites for hydroxylation is 1. The van der Waals surface area contributed by atoms with E-state index >= 15 is 0 Å². The van der Waals surface area contributed by atoms with Gasteiger partial charge in [0.25, 0.3) is 0 Å². The van der Waals surface area contributed by atoms with Crippen molar-refractivity contribution in [2.75, 3.05) is 31.3 Å². The molecule has 0 radical (unpaired) electrons.